The van der Waals surface area contributed by atoms with Crippen LogP contribution in [0.4, 0.5) is 20.2 Å². The summed E-state index contributed by atoms with van der Waals surface area (Å²) >= 11 is 0. The molecule has 0 bridgehead atoms. The van der Waals surface area contributed by atoms with Gasteiger partial charge in [-0.3, -0.25) is 9.59 Å². The van der Waals surface area contributed by atoms with Gasteiger partial charge in [-0.1, -0.05) is 12.1 Å². The van der Waals surface area contributed by atoms with Crippen LogP contribution in [0, 0.1) is 17.6 Å². The number of halogens is 2. The first kappa shape index (κ1) is 21.8. The Labute approximate surface area is 192 Å². The first-order valence-electron chi connectivity index (χ1n) is 10.1. The second-order valence-corrected chi connectivity index (χ2v) is 9.70. The lowest BCUT2D eigenvalue weighted by Gasteiger charge is -2.35. The lowest BCUT2D eigenvalue weighted by atomic mass is 9.87. The van der Waals surface area contributed by atoms with Crippen molar-refractivity contribution in [3.63, 3.8) is 0 Å². The summed E-state index contributed by atoms with van der Waals surface area (Å²) in [6.45, 7) is -0.0496. The molecule has 3 aromatic rings. The lowest BCUT2D eigenvalue weighted by Crippen LogP contribution is -2.46. The molecule has 2 aliphatic rings. The molecule has 7 nitrogen and oxygen atoms in total. The van der Waals surface area contributed by atoms with Gasteiger partial charge in [-0.15, -0.1) is 0 Å². The highest BCUT2D eigenvalue weighted by Crippen LogP contribution is 2.39. The number of sulfone groups is 1. The Morgan fingerprint density at radius 2 is 1.65 bits per heavy atom. The molecule has 0 saturated heterocycles. The normalized spacial score (nSPS) is 18.6. The zero-order valence-electron chi connectivity index (χ0n) is 17.3. The van der Waals surface area contributed by atoms with Crippen LogP contribution in [-0.2, 0) is 21.2 Å². The second-order valence-electron chi connectivity index (χ2n) is 7.93. The van der Waals surface area contributed by atoms with Gasteiger partial charge in [-0.05, 0) is 48.0 Å². The van der Waals surface area contributed by atoms with Crippen molar-refractivity contribution < 1.29 is 31.9 Å². The molecule has 0 radical (unpaired) electrons. The number of rotatable bonds is 3. The lowest BCUT2D eigenvalue weighted by molar-refractivity contribution is -0.120. The van der Waals surface area contributed by atoms with E-state index in [1.54, 1.807) is 0 Å². The fourth-order valence-electron chi connectivity index (χ4n) is 4.10. The number of ketones is 1. The van der Waals surface area contributed by atoms with Crippen LogP contribution in [0.1, 0.15) is 15.9 Å². The number of Topliss-reactive ketones (excluding diaryl/α,β-unsaturated/α-hetero) is 1. The molecular formula is C24H16F2N2O5S. The molecule has 0 aromatic heterocycles. The van der Waals surface area contributed by atoms with Gasteiger partial charge in [0.05, 0.1) is 28.2 Å². The number of amides is 1. The predicted molar refractivity (Wildman–Crippen MR) is 119 cm³/mol. The molecule has 3 aromatic carbocycles. The molecule has 172 valence electrons. The Bertz CT molecular complexity index is 1500. The highest BCUT2D eigenvalue weighted by atomic mass is 32.2. The molecule has 1 amide bonds. The molecular weight excluding hydrogens is 466 g/mol. The summed E-state index contributed by atoms with van der Waals surface area (Å²) in [5, 5.41) is 13.2. The maximum atomic E-state index is 14.0. The Hall–Kier alpha value is -4.05. The third-order valence-corrected chi connectivity index (χ3v) is 7.20. The van der Waals surface area contributed by atoms with Gasteiger partial charge in [0, 0.05) is 17.3 Å². The van der Waals surface area contributed by atoms with Crippen molar-refractivity contribution in [3.8, 4) is 5.75 Å². The third-order valence-electron chi connectivity index (χ3n) is 5.69. The second kappa shape index (κ2) is 7.77. The highest BCUT2D eigenvalue weighted by molar-refractivity contribution is 7.94. The summed E-state index contributed by atoms with van der Waals surface area (Å²) < 4.78 is 53.1. The van der Waals surface area contributed by atoms with E-state index in [0.717, 1.165) is 23.6 Å². The number of hydrogen-bond acceptors (Lipinski definition) is 6. The number of nitrogens with one attached hydrogen (secondary N) is 1. The molecule has 10 heteroatoms. The molecule has 2 N–H and O–H groups in total. The van der Waals surface area contributed by atoms with Gasteiger partial charge >= 0.3 is 0 Å². The van der Waals surface area contributed by atoms with Gasteiger partial charge in [0.25, 0.3) is 0 Å². The summed E-state index contributed by atoms with van der Waals surface area (Å²) in [4.78, 5) is 27.9. The standard InChI is InChI=1S/C24H16F2N2O5S/c25-14-3-1-13(2-4-14)11-28-20-8-5-15(26)9-17(20)23(30)22(24(28)31)19-12-34(32,33)21-10-16(29)6-7-18(21)27-19/h1-10,12,22,27,29H,11H2. The van der Waals surface area contributed by atoms with Gasteiger partial charge in [-0.25, -0.2) is 17.2 Å². The number of carbonyl (C=O) groups excluding carboxylic acids is 2. The maximum absolute atomic E-state index is 14.0. The Morgan fingerprint density at radius 3 is 2.38 bits per heavy atom. The number of fused-ring (bicyclic) bond motifs is 2. The van der Waals surface area contributed by atoms with E-state index in [0.29, 0.717) is 5.56 Å². The summed E-state index contributed by atoms with van der Waals surface area (Å²) in [5.74, 6) is -4.47. The molecule has 5 rings (SSSR count). The number of benzene rings is 3. The zero-order valence-corrected chi connectivity index (χ0v) is 18.1. The van der Waals surface area contributed by atoms with Crippen LogP contribution >= 0.6 is 0 Å². The summed E-state index contributed by atoms with van der Waals surface area (Å²) in [6.07, 6.45) is 0. The van der Waals surface area contributed by atoms with Crippen LogP contribution < -0.4 is 10.2 Å². The van der Waals surface area contributed by atoms with Crippen molar-refractivity contribution in [1.82, 2.24) is 0 Å². The molecule has 1 atom stereocenters. The van der Waals surface area contributed by atoms with Crippen LogP contribution in [0.5, 0.6) is 5.75 Å². The number of nitrogens with zero attached hydrogens (tertiary/aromatic N) is 1. The van der Waals surface area contributed by atoms with E-state index in [2.05, 4.69) is 5.32 Å². The molecule has 2 aliphatic heterocycles. The van der Waals surface area contributed by atoms with Crippen molar-refractivity contribution in [3.05, 3.63) is 94.5 Å². The largest absolute Gasteiger partial charge is 0.508 e. The number of anilines is 2. The quantitative estimate of drug-likeness (QED) is 0.435. The van der Waals surface area contributed by atoms with E-state index in [9.17, 15) is 31.9 Å². The average molecular weight is 482 g/mol. The van der Waals surface area contributed by atoms with E-state index >= 15 is 0 Å². The van der Waals surface area contributed by atoms with Crippen LogP contribution in [0.3, 0.4) is 0 Å². The topological polar surface area (TPSA) is 104 Å². The Morgan fingerprint density at radius 1 is 0.941 bits per heavy atom. The molecule has 0 saturated carbocycles. The van der Waals surface area contributed by atoms with Crippen molar-refractivity contribution >= 4 is 32.9 Å². The van der Waals surface area contributed by atoms with Gasteiger partial charge < -0.3 is 15.3 Å². The van der Waals surface area contributed by atoms with E-state index < -0.39 is 39.1 Å². The third kappa shape index (κ3) is 3.61. The van der Waals surface area contributed by atoms with E-state index in [1.165, 1.54) is 47.4 Å². The van der Waals surface area contributed by atoms with Gasteiger partial charge in [0.15, 0.2) is 5.78 Å². The Kier molecular flexibility index (Phi) is 4.98. The Balaban J connectivity index is 1.61. The van der Waals surface area contributed by atoms with E-state index in [4.69, 9.17) is 0 Å². The zero-order chi connectivity index (χ0) is 24.2. The summed E-state index contributed by atoms with van der Waals surface area (Å²) in [7, 11) is -4.10. The SMILES string of the molecule is O=C1c2cc(F)ccc2N(Cc2ccc(F)cc2)C(=O)C1C1=CS(=O)(=O)c2cc(O)ccc2N1. The predicted octanol–water partition coefficient (Wildman–Crippen LogP) is 3.76. The number of phenols is 1. The van der Waals surface area contributed by atoms with Gasteiger partial charge in [0.2, 0.25) is 15.7 Å². The average Bonchev–Trinajstić information content (AvgIpc) is 2.78. The molecule has 2 heterocycles. The van der Waals surface area contributed by atoms with Crippen molar-refractivity contribution in [2.24, 2.45) is 5.92 Å². The minimum absolute atomic E-state index is 0.0496. The fraction of sp³-hybridized carbons (Fsp3) is 0.0833. The van der Waals surface area contributed by atoms with Crippen LogP contribution in [0.2, 0.25) is 0 Å². The minimum atomic E-state index is -4.10. The first-order valence-corrected chi connectivity index (χ1v) is 11.6. The number of carbonyl (C=O) groups is 2. The molecule has 0 aliphatic carbocycles. The van der Waals surface area contributed by atoms with Crippen molar-refractivity contribution in [1.29, 1.82) is 0 Å². The van der Waals surface area contributed by atoms with E-state index in [1.807, 2.05) is 0 Å². The van der Waals surface area contributed by atoms with Gasteiger partial charge in [0.1, 0.15) is 23.3 Å². The van der Waals surface area contributed by atoms with Crippen LogP contribution in [-0.4, -0.2) is 25.2 Å². The number of aromatic hydroxyl groups is 1. The van der Waals surface area contributed by atoms with E-state index in [-0.39, 0.29) is 39.8 Å². The monoisotopic (exact) mass is 482 g/mol. The summed E-state index contributed by atoms with van der Waals surface area (Å²) in [5.41, 5.74) is 0.542. The van der Waals surface area contributed by atoms with Crippen LogP contribution in [0.15, 0.2) is 76.7 Å². The number of phenolic OH excluding ortho intramolecular Hbond substituents is 1. The number of hydrogen-bond donors (Lipinski definition) is 2. The van der Waals surface area contributed by atoms with Crippen molar-refractivity contribution in [2.45, 2.75) is 11.4 Å². The maximum Gasteiger partial charge on any atom is 0.244 e. The molecule has 1 unspecified atom stereocenters. The summed E-state index contributed by atoms with van der Waals surface area (Å²) in [6, 6.07) is 12.5. The highest BCUT2D eigenvalue weighted by Gasteiger charge is 2.44. The minimum Gasteiger partial charge on any atom is -0.508 e. The molecule has 34 heavy (non-hydrogen) atoms. The van der Waals surface area contributed by atoms with Crippen LogP contribution in [0.25, 0.3) is 0 Å². The van der Waals surface area contributed by atoms with Crippen molar-refractivity contribution in [2.75, 3.05) is 10.2 Å². The molecule has 0 fully saturated rings. The fourth-order valence-corrected chi connectivity index (χ4v) is 5.47. The molecule has 0 spiro atoms. The smallest absolute Gasteiger partial charge is 0.244 e. The first-order chi connectivity index (χ1) is 16.1. The van der Waals surface area contributed by atoms with Gasteiger partial charge in [-0.2, -0.15) is 0 Å².